The Kier molecular flexibility index (Phi) is 5.84. The van der Waals surface area contributed by atoms with Gasteiger partial charge in [-0.15, -0.1) is 0 Å². The van der Waals surface area contributed by atoms with Gasteiger partial charge in [0, 0.05) is 39.2 Å². The zero-order chi connectivity index (χ0) is 31.6. The van der Waals surface area contributed by atoms with Gasteiger partial charge in [0.2, 0.25) is 0 Å². The van der Waals surface area contributed by atoms with Crippen LogP contribution in [0.1, 0.15) is 0 Å². The molecule has 7 aromatic carbocycles. The number of rotatable bonds is 4. The summed E-state index contributed by atoms with van der Waals surface area (Å²) in [5.74, 6) is 0.712. The highest BCUT2D eigenvalue weighted by Crippen LogP contribution is 2.39. The summed E-state index contributed by atoms with van der Waals surface area (Å²) in [6.07, 6.45) is 1.83. The zero-order valence-corrected chi connectivity index (χ0v) is 25.8. The van der Waals surface area contributed by atoms with Gasteiger partial charge in [0.05, 0.1) is 28.1 Å². The van der Waals surface area contributed by atoms with Crippen LogP contribution in [-0.4, -0.2) is 19.9 Å². The van der Waals surface area contributed by atoms with Gasteiger partial charge in [0.1, 0.15) is 0 Å². The van der Waals surface area contributed by atoms with Gasteiger partial charge in [-0.25, -0.2) is 15.0 Å². The summed E-state index contributed by atoms with van der Waals surface area (Å²) in [6.45, 7) is 0. The number of pyridine rings is 2. The van der Waals surface area contributed by atoms with Crippen LogP contribution in [-0.2, 0) is 0 Å². The van der Waals surface area contributed by atoms with Gasteiger partial charge >= 0.3 is 0 Å². The lowest BCUT2D eigenvalue weighted by Crippen LogP contribution is -1.97. The fraction of sp³-hybridized carbons (Fsp3) is 0. The Hall–Kier alpha value is -6.52. The first-order chi connectivity index (χ1) is 23.8. The second-order valence-corrected chi connectivity index (χ2v) is 12.3. The lowest BCUT2D eigenvalue weighted by molar-refractivity contribution is 1.19. The summed E-state index contributed by atoms with van der Waals surface area (Å²) in [5.41, 5.74) is 8.64. The standard InChI is InChI=1S/C44H26N4/c1-2-6-27(7-3-1)38-26-39(29-13-11-28(12-14-29)37-24-21-34-18-17-33-10-5-25-45-42(33)43(34)46-37)48-44(47-38)36-23-20-32-16-15-30-8-4-9-31-19-22-35(36)41(32)40(30)31/h1-26H. The van der Waals surface area contributed by atoms with Crippen LogP contribution in [0.25, 0.3) is 99.3 Å². The Balaban J connectivity index is 1.12. The number of benzene rings is 7. The molecule has 0 saturated heterocycles. The Morgan fingerprint density at radius 2 is 0.938 bits per heavy atom. The van der Waals surface area contributed by atoms with Gasteiger partial charge < -0.3 is 0 Å². The first-order valence-electron chi connectivity index (χ1n) is 16.1. The fourth-order valence-corrected chi connectivity index (χ4v) is 7.10. The Morgan fingerprint density at radius 1 is 0.354 bits per heavy atom. The third-order valence-electron chi connectivity index (χ3n) is 9.47. The minimum atomic E-state index is 0.712. The Labute approximate surface area is 276 Å². The maximum absolute atomic E-state index is 5.22. The van der Waals surface area contributed by atoms with Gasteiger partial charge in [0.25, 0.3) is 0 Å². The van der Waals surface area contributed by atoms with Crippen molar-refractivity contribution in [2.45, 2.75) is 0 Å². The van der Waals surface area contributed by atoms with Crippen molar-refractivity contribution in [1.82, 2.24) is 19.9 Å². The fourth-order valence-electron chi connectivity index (χ4n) is 7.10. The molecule has 0 aliphatic heterocycles. The van der Waals surface area contributed by atoms with Gasteiger partial charge in [-0.1, -0.05) is 127 Å². The van der Waals surface area contributed by atoms with E-state index in [2.05, 4.69) is 145 Å². The molecule has 0 aliphatic carbocycles. The van der Waals surface area contributed by atoms with E-state index < -0.39 is 0 Å². The maximum atomic E-state index is 5.22. The lowest BCUT2D eigenvalue weighted by Gasteiger charge is -2.15. The molecule has 0 amide bonds. The molecule has 4 nitrogen and oxygen atoms in total. The van der Waals surface area contributed by atoms with Crippen molar-refractivity contribution < 1.29 is 0 Å². The highest BCUT2D eigenvalue weighted by molar-refractivity contribution is 6.25. The highest BCUT2D eigenvalue weighted by Gasteiger charge is 2.16. The van der Waals surface area contributed by atoms with E-state index in [4.69, 9.17) is 15.0 Å². The van der Waals surface area contributed by atoms with Crippen molar-refractivity contribution in [3.63, 3.8) is 0 Å². The minimum absolute atomic E-state index is 0.712. The second kappa shape index (κ2) is 10.5. The topological polar surface area (TPSA) is 51.6 Å². The van der Waals surface area contributed by atoms with Gasteiger partial charge in [-0.2, -0.15) is 0 Å². The van der Waals surface area contributed by atoms with Crippen molar-refractivity contribution in [3.05, 3.63) is 158 Å². The highest BCUT2D eigenvalue weighted by atomic mass is 14.9. The van der Waals surface area contributed by atoms with Crippen LogP contribution in [0.15, 0.2) is 158 Å². The predicted octanol–water partition coefficient (Wildman–Crippen LogP) is 11.1. The molecule has 0 saturated carbocycles. The molecule has 3 heterocycles. The summed E-state index contributed by atoms with van der Waals surface area (Å²) in [4.78, 5) is 20.1. The molecule has 222 valence electrons. The van der Waals surface area contributed by atoms with Crippen molar-refractivity contribution in [2.75, 3.05) is 0 Å². The molecule has 0 fully saturated rings. The summed E-state index contributed by atoms with van der Waals surface area (Å²) in [5, 5.41) is 9.58. The van der Waals surface area contributed by atoms with Gasteiger partial charge in [0.15, 0.2) is 5.82 Å². The number of hydrogen-bond acceptors (Lipinski definition) is 4. The monoisotopic (exact) mass is 610 g/mol. The SMILES string of the molecule is c1ccc(-c2cc(-c3ccc(-c4ccc5ccc6cccnc6c5n4)cc3)nc(-c3ccc4ccc5cccc6ccc3c4c56)n2)cc1. The van der Waals surface area contributed by atoms with Crippen LogP contribution in [0.2, 0.25) is 0 Å². The Morgan fingerprint density at radius 3 is 1.71 bits per heavy atom. The molecular formula is C44H26N4. The van der Waals surface area contributed by atoms with E-state index >= 15 is 0 Å². The average Bonchev–Trinajstić information content (AvgIpc) is 3.17. The molecule has 48 heavy (non-hydrogen) atoms. The largest absolute Gasteiger partial charge is 0.254 e. The first-order valence-corrected chi connectivity index (χ1v) is 16.1. The molecule has 4 heteroatoms. The van der Waals surface area contributed by atoms with Crippen LogP contribution < -0.4 is 0 Å². The van der Waals surface area contributed by atoms with E-state index in [1.54, 1.807) is 0 Å². The molecule has 0 N–H and O–H groups in total. The normalized spacial score (nSPS) is 11.8. The number of aromatic nitrogens is 4. The van der Waals surface area contributed by atoms with E-state index in [9.17, 15) is 0 Å². The van der Waals surface area contributed by atoms with Crippen LogP contribution in [0.5, 0.6) is 0 Å². The predicted molar refractivity (Wildman–Crippen MR) is 198 cm³/mol. The van der Waals surface area contributed by atoms with E-state index in [1.165, 1.54) is 26.9 Å². The van der Waals surface area contributed by atoms with Gasteiger partial charge in [-0.3, -0.25) is 4.98 Å². The van der Waals surface area contributed by atoms with Crippen molar-refractivity contribution in [3.8, 4) is 45.2 Å². The molecular weight excluding hydrogens is 585 g/mol. The molecule has 10 aromatic rings. The molecule has 0 spiro atoms. The number of nitrogens with zero attached hydrogens (tertiary/aromatic N) is 4. The molecule has 10 rings (SSSR count). The van der Waals surface area contributed by atoms with E-state index in [-0.39, 0.29) is 0 Å². The third-order valence-corrected chi connectivity index (χ3v) is 9.47. The van der Waals surface area contributed by atoms with Crippen molar-refractivity contribution >= 4 is 54.1 Å². The van der Waals surface area contributed by atoms with Gasteiger partial charge in [-0.05, 0) is 56.6 Å². The molecule has 0 radical (unpaired) electrons. The minimum Gasteiger partial charge on any atom is -0.254 e. The summed E-state index contributed by atoms with van der Waals surface area (Å²) >= 11 is 0. The van der Waals surface area contributed by atoms with Crippen LogP contribution in [0, 0.1) is 0 Å². The summed E-state index contributed by atoms with van der Waals surface area (Å²) < 4.78 is 0. The number of fused-ring (bicyclic) bond motifs is 3. The van der Waals surface area contributed by atoms with Crippen LogP contribution in [0.3, 0.4) is 0 Å². The van der Waals surface area contributed by atoms with Crippen molar-refractivity contribution in [2.24, 2.45) is 0 Å². The molecule has 0 aliphatic rings. The molecule has 0 bridgehead atoms. The zero-order valence-electron chi connectivity index (χ0n) is 25.8. The number of hydrogen-bond donors (Lipinski definition) is 0. The average molecular weight is 611 g/mol. The van der Waals surface area contributed by atoms with Crippen LogP contribution in [0.4, 0.5) is 0 Å². The first kappa shape index (κ1) is 26.7. The van der Waals surface area contributed by atoms with Crippen molar-refractivity contribution in [1.29, 1.82) is 0 Å². The third kappa shape index (κ3) is 4.24. The molecule has 0 unspecified atom stereocenters. The maximum Gasteiger partial charge on any atom is 0.161 e. The second-order valence-electron chi connectivity index (χ2n) is 12.3. The van der Waals surface area contributed by atoms with E-state index in [1.807, 2.05) is 18.3 Å². The summed E-state index contributed by atoms with van der Waals surface area (Å²) in [6, 6.07) is 53.2. The summed E-state index contributed by atoms with van der Waals surface area (Å²) in [7, 11) is 0. The lowest BCUT2D eigenvalue weighted by atomic mass is 9.91. The van der Waals surface area contributed by atoms with Crippen LogP contribution >= 0.6 is 0 Å². The quantitative estimate of drug-likeness (QED) is 0.186. The molecule has 0 atom stereocenters. The van der Waals surface area contributed by atoms with E-state index in [0.717, 1.165) is 66.5 Å². The Bertz CT molecular complexity index is 2810. The smallest absolute Gasteiger partial charge is 0.161 e. The van der Waals surface area contributed by atoms with E-state index in [0.29, 0.717) is 5.82 Å². The molecule has 3 aromatic heterocycles.